The highest BCUT2D eigenvalue weighted by Gasteiger charge is 2.15. The average molecular weight is 278 g/mol. The molecule has 0 aliphatic rings. The third-order valence-electron chi connectivity index (χ3n) is 2.66. The Hall–Kier alpha value is -2.34. The molecule has 3 aromatic rings. The molecule has 0 spiro atoms. The van der Waals surface area contributed by atoms with Gasteiger partial charge >= 0.3 is 5.97 Å². The molecule has 0 aliphatic heterocycles. The Morgan fingerprint density at radius 2 is 2.32 bits per heavy atom. The fourth-order valence-electron chi connectivity index (χ4n) is 1.77. The number of esters is 1. The predicted octanol–water partition coefficient (Wildman–Crippen LogP) is 2.43. The van der Waals surface area contributed by atoms with Crippen molar-refractivity contribution in [3.63, 3.8) is 0 Å². The van der Waals surface area contributed by atoms with Gasteiger partial charge in [-0.15, -0.1) is 10.2 Å². The number of furan rings is 1. The molecule has 0 amide bonds. The summed E-state index contributed by atoms with van der Waals surface area (Å²) in [5.74, 6) is 0.0621. The number of carbonyl (C=O) groups is 1. The third kappa shape index (κ3) is 1.86. The van der Waals surface area contributed by atoms with Crippen LogP contribution in [0.25, 0.3) is 17.0 Å². The lowest BCUT2D eigenvalue weighted by Crippen LogP contribution is -2.03. The van der Waals surface area contributed by atoms with E-state index in [2.05, 4.69) is 14.9 Å². The lowest BCUT2D eigenvalue weighted by molar-refractivity contribution is 0.0600. The van der Waals surface area contributed by atoms with Gasteiger partial charge in [0.05, 0.1) is 29.5 Å². The summed E-state index contributed by atoms with van der Waals surface area (Å²) >= 11 is 6.08. The van der Waals surface area contributed by atoms with Crippen LogP contribution in [0.15, 0.2) is 35.3 Å². The number of aromatic nitrogens is 3. The van der Waals surface area contributed by atoms with E-state index in [9.17, 15) is 4.79 Å². The van der Waals surface area contributed by atoms with Crippen LogP contribution in [-0.2, 0) is 4.74 Å². The standard InChI is InChI=1S/C12H8ClN3O3/c1-18-12(17)8-4-9(13)11-15-14-10(16(11)5-8)7-2-3-19-6-7/h2-6H,1H3. The van der Waals surface area contributed by atoms with Crippen molar-refractivity contribution in [2.45, 2.75) is 0 Å². The van der Waals surface area contributed by atoms with Crippen LogP contribution >= 0.6 is 11.6 Å². The first-order valence-electron chi connectivity index (χ1n) is 5.36. The molecule has 0 saturated carbocycles. The topological polar surface area (TPSA) is 69.6 Å². The highest BCUT2D eigenvalue weighted by molar-refractivity contribution is 6.33. The first kappa shape index (κ1) is 11.7. The molecule has 0 radical (unpaired) electrons. The van der Waals surface area contributed by atoms with E-state index in [0.717, 1.165) is 5.56 Å². The van der Waals surface area contributed by atoms with Gasteiger partial charge in [0.15, 0.2) is 11.5 Å². The molecular weight excluding hydrogens is 270 g/mol. The quantitative estimate of drug-likeness (QED) is 0.673. The summed E-state index contributed by atoms with van der Waals surface area (Å²) < 4.78 is 11.3. The zero-order chi connectivity index (χ0) is 13.4. The molecule has 0 atom stereocenters. The van der Waals surface area contributed by atoms with Crippen LogP contribution in [0, 0.1) is 0 Å². The minimum atomic E-state index is -0.476. The first-order valence-corrected chi connectivity index (χ1v) is 5.73. The Morgan fingerprint density at radius 3 is 3.00 bits per heavy atom. The summed E-state index contributed by atoms with van der Waals surface area (Å²) in [5.41, 5.74) is 1.53. The van der Waals surface area contributed by atoms with E-state index in [-0.39, 0.29) is 0 Å². The van der Waals surface area contributed by atoms with Gasteiger partial charge in [-0.3, -0.25) is 4.40 Å². The maximum Gasteiger partial charge on any atom is 0.339 e. The van der Waals surface area contributed by atoms with E-state index in [1.807, 2.05) is 0 Å². The largest absolute Gasteiger partial charge is 0.472 e. The summed E-state index contributed by atoms with van der Waals surface area (Å²) in [7, 11) is 1.31. The Kier molecular flexibility index (Phi) is 2.72. The van der Waals surface area contributed by atoms with E-state index in [4.69, 9.17) is 16.0 Å². The van der Waals surface area contributed by atoms with Crippen molar-refractivity contribution in [1.29, 1.82) is 0 Å². The zero-order valence-electron chi connectivity index (χ0n) is 9.83. The van der Waals surface area contributed by atoms with Gasteiger partial charge in [0.1, 0.15) is 6.26 Å². The summed E-state index contributed by atoms with van der Waals surface area (Å²) in [5, 5.41) is 8.35. The number of hydrogen-bond acceptors (Lipinski definition) is 5. The SMILES string of the molecule is COC(=O)c1cc(Cl)c2nnc(-c3ccoc3)n2c1. The number of hydrogen-bond donors (Lipinski definition) is 0. The fraction of sp³-hybridized carbons (Fsp3) is 0.0833. The van der Waals surface area contributed by atoms with Crippen molar-refractivity contribution in [3.05, 3.63) is 41.4 Å². The van der Waals surface area contributed by atoms with Gasteiger partial charge in [0.2, 0.25) is 0 Å². The summed E-state index contributed by atoms with van der Waals surface area (Å²) in [4.78, 5) is 11.6. The Morgan fingerprint density at radius 1 is 1.47 bits per heavy atom. The summed E-state index contributed by atoms with van der Waals surface area (Å²) in [6.45, 7) is 0. The Labute approximate surface area is 112 Å². The molecule has 3 heterocycles. The normalized spacial score (nSPS) is 10.8. The molecule has 6 nitrogen and oxygen atoms in total. The fourth-order valence-corrected chi connectivity index (χ4v) is 2.02. The van der Waals surface area contributed by atoms with Gasteiger partial charge in [-0.25, -0.2) is 4.79 Å². The lowest BCUT2D eigenvalue weighted by Gasteiger charge is -2.03. The number of ether oxygens (including phenoxy) is 1. The smallest absolute Gasteiger partial charge is 0.339 e. The monoisotopic (exact) mass is 277 g/mol. The number of pyridine rings is 1. The maximum atomic E-state index is 11.6. The van der Waals surface area contributed by atoms with Gasteiger partial charge < -0.3 is 9.15 Å². The number of halogens is 1. The predicted molar refractivity (Wildman–Crippen MR) is 67.0 cm³/mol. The van der Waals surface area contributed by atoms with E-state index in [0.29, 0.717) is 22.1 Å². The van der Waals surface area contributed by atoms with E-state index < -0.39 is 5.97 Å². The Bertz CT molecular complexity index is 749. The third-order valence-corrected chi connectivity index (χ3v) is 2.94. The second kappa shape index (κ2) is 4.40. The number of fused-ring (bicyclic) bond motifs is 1. The van der Waals surface area contributed by atoms with Crippen molar-refractivity contribution in [2.75, 3.05) is 7.11 Å². The molecule has 7 heteroatoms. The van der Waals surface area contributed by atoms with Crippen molar-refractivity contribution < 1.29 is 13.9 Å². The molecule has 0 N–H and O–H groups in total. The molecule has 0 saturated heterocycles. The van der Waals surface area contributed by atoms with Crippen LogP contribution in [0.3, 0.4) is 0 Å². The summed E-state index contributed by atoms with van der Waals surface area (Å²) in [6.07, 6.45) is 4.65. The zero-order valence-corrected chi connectivity index (χ0v) is 10.6. The number of rotatable bonds is 2. The minimum Gasteiger partial charge on any atom is -0.472 e. The van der Waals surface area contributed by atoms with Crippen molar-refractivity contribution >= 4 is 23.2 Å². The molecule has 0 fully saturated rings. The van der Waals surface area contributed by atoms with Gasteiger partial charge in [-0.2, -0.15) is 0 Å². The van der Waals surface area contributed by atoms with Gasteiger partial charge in [-0.05, 0) is 12.1 Å². The van der Waals surface area contributed by atoms with Crippen LogP contribution in [0.4, 0.5) is 0 Å². The van der Waals surface area contributed by atoms with Crippen LogP contribution in [0.2, 0.25) is 5.02 Å². The maximum absolute atomic E-state index is 11.6. The van der Waals surface area contributed by atoms with Gasteiger partial charge in [0, 0.05) is 6.20 Å². The Balaban J connectivity index is 2.26. The molecule has 0 aliphatic carbocycles. The van der Waals surface area contributed by atoms with Crippen LogP contribution in [0.1, 0.15) is 10.4 Å². The van der Waals surface area contributed by atoms with E-state index >= 15 is 0 Å². The number of carbonyl (C=O) groups excluding carboxylic acids is 1. The molecule has 3 rings (SSSR count). The lowest BCUT2D eigenvalue weighted by atomic mass is 10.2. The highest BCUT2D eigenvalue weighted by atomic mass is 35.5. The second-order valence-electron chi connectivity index (χ2n) is 3.80. The van der Waals surface area contributed by atoms with Crippen LogP contribution in [0.5, 0.6) is 0 Å². The molecule has 0 bridgehead atoms. The van der Waals surface area contributed by atoms with Crippen molar-refractivity contribution in [2.24, 2.45) is 0 Å². The highest BCUT2D eigenvalue weighted by Crippen LogP contribution is 2.24. The molecule has 96 valence electrons. The first-order chi connectivity index (χ1) is 9.20. The molecule has 19 heavy (non-hydrogen) atoms. The van der Waals surface area contributed by atoms with Gasteiger partial charge in [-0.1, -0.05) is 11.6 Å². The van der Waals surface area contributed by atoms with E-state index in [1.165, 1.54) is 25.7 Å². The van der Waals surface area contributed by atoms with Crippen LogP contribution in [-0.4, -0.2) is 27.7 Å². The van der Waals surface area contributed by atoms with Crippen molar-refractivity contribution in [1.82, 2.24) is 14.6 Å². The van der Waals surface area contributed by atoms with Crippen molar-refractivity contribution in [3.8, 4) is 11.4 Å². The average Bonchev–Trinajstić information content (AvgIpc) is 3.05. The number of methoxy groups -OCH3 is 1. The summed E-state index contributed by atoms with van der Waals surface area (Å²) in [6, 6.07) is 3.24. The minimum absolute atomic E-state index is 0.324. The van der Waals surface area contributed by atoms with Crippen LogP contribution < -0.4 is 0 Å². The molecule has 3 aromatic heterocycles. The molecular formula is C12H8ClN3O3. The number of nitrogens with zero attached hydrogens (tertiary/aromatic N) is 3. The second-order valence-corrected chi connectivity index (χ2v) is 4.20. The van der Waals surface area contributed by atoms with E-state index in [1.54, 1.807) is 16.7 Å². The molecule has 0 aromatic carbocycles. The van der Waals surface area contributed by atoms with Gasteiger partial charge in [0.25, 0.3) is 0 Å². The molecule has 0 unspecified atom stereocenters.